The van der Waals surface area contributed by atoms with Crippen molar-refractivity contribution in [1.82, 2.24) is 15.1 Å². The topological polar surface area (TPSA) is 63.8 Å². The predicted molar refractivity (Wildman–Crippen MR) is 93.5 cm³/mol. The Labute approximate surface area is 147 Å². The highest BCUT2D eigenvalue weighted by atomic mass is 19.1. The number of aromatic nitrogens is 3. The monoisotopic (exact) mass is 352 g/mol. The summed E-state index contributed by atoms with van der Waals surface area (Å²) in [5, 5.41) is 7.61. The lowest BCUT2D eigenvalue weighted by Crippen LogP contribution is -2.02. The zero-order chi connectivity index (χ0) is 18.1. The molecular formula is C19H14F2N4O. The minimum Gasteiger partial charge on any atom is -0.365 e. The molecule has 0 atom stereocenters. The van der Waals surface area contributed by atoms with Crippen LogP contribution in [-0.2, 0) is 6.54 Å². The average Bonchev–Trinajstić information content (AvgIpc) is 3.05. The van der Waals surface area contributed by atoms with Crippen LogP contribution >= 0.6 is 0 Å². The average molecular weight is 352 g/mol. The molecule has 130 valence electrons. The van der Waals surface area contributed by atoms with Gasteiger partial charge in [0.2, 0.25) is 0 Å². The molecule has 2 aromatic carbocycles. The lowest BCUT2D eigenvalue weighted by atomic mass is 10.1. The maximum absolute atomic E-state index is 13.6. The Bertz CT molecular complexity index is 1060. The molecule has 26 heavy (non-hydrogen) atoms. The summed E-state index contributed by atoms with van der Waals surface area (Å²) in [5.41, 5.74) is 3.02. The minimum absolute atomic E-state index is 0.242. The molecule has 5 nitrogen and oxygen atoms in total. The van der Waals surface area contributed by atoms with Crippen molar-refractivity contribution in [2.75, 3.05) is 5.32 Å². The quantitative estimate of drug-likeness (QED) is 0.586. The molecule has 0 unspecified atom stereocenters. The fraction of sp³-hybridized carbons (Fsp3) is 0.105. The van der Waals surface area contributed by atoms with Crippen LogP contribution in [-0.4, -0.2) is 15.1 Å². The van der Waals surface area contributed by atoms with E-state index < -0.39 is 11.6 Å². The minimum atomic E-state index is -0.692. The first-order valence-electron chi connectivity index (χ1n) is 7.96. The van der Waals surface area contributed by atoms with E-state index in [2.05, 4.69) is 20.4 Å². The SMILES string of the molecule is Cc1ccc(CNc2ncnc3onc(-c4cc(F)cc(F)c4)c23)cc1. The summed E-state index contributed by atoms with van der Waals surface area (Å²) in [5.74, 6) is -0.902. The zero-order valence-electron chi connectivity index (χ0n) is 13.8. The van der Waals surface area contributed by atoms with Gasteiger partial charge < -0.3 is 9.84 Å². The number of rotatable bonds is 4. The summed E-state index contributed by atoms with van der Waals surface area (Å²) in [6, 6.07) is 11.3. The summed E-state index contributed by atoms with van der Waals surface area (Å²) in [7, 11) is 0. The van der Waals surface area contributed by atoms with Crippen LogP contribution in [0.15, 0.2) is 53.3 Å². The van der Waals surface area contributed by atoms with E-state index in [0.29, 0.717) is 17.7 Å². The number of fused-ring (bicyclic) bond motifs is 1. The fourth-order valence-corrected chi connectivity index (χ4v) is 2.70. The van der Waals surface area contributed by atoms with Crippen molar-refractivity contribution in [1.29, 1.82) is 0 Å². The second-order valence-corrected chi connectivity index (χ2v) is 5.93. The number of aryl methyl sites for hydroxylation is 1. The molecule has 0 bridgehead atoms. The molecule has 0 saturated carbocycles. The lowest BCUT2D eigenvalue weighted by molar-refractivity contribution is 0.451. The third-order valence-electron chi connectivity index (χ3n) is 3.99. The summed E-state index contributed by atoms with van der Waals surface area (Å²) < 4.78 is 32.4. The Morgan fingerprint density at radius 3 is 2.46 bits per heavy atom. The third kappa shape index (κ3) is 3.11. The second-order valence-electron chi connectivity index (χ2n) is 5.93. The van der Waals surface area contributed by atoms with E-state index in [1.807, 2.05) is 31.2 Å². The Hall–Kier alpha value is -3.35. The molecule has 0 radical (unpaired) electrons. The van der Waals surface area contributed by atoms with E-state index in [1.54, 1.807) is 0 Å². The number of anilines is 1. The number of nitrogens with zero attached hydrogens (tertiary/aromatic N) is 3. The van der Waals surface area contributed by atoms with Crippen LogP contribution in [0.4, 0.5) is 14.6 Å². The first kappa shape index (κ1) is 16.1. The number of nitrogens with one attached hydrogen (secondary N) is 1. The molecular weight excluding hydrogens is 338 g/mol. The van der Waals surface area contributed by atoms with Crippen molar-refractivity contribution in [3.63, 3.8) is 0 Å². The smallest absolute Gasteiger partial charge is 0.263 e. The predicted octanol–water partition coefficient (Wildman–Crippen LogP) is 4.48. The van der Waals surface area contributed by atoms with Gasteiger partial charge in [0.05, 0.1) is 0 Å². The molecule has 1 N–H and O–H groups in total. The Balaban J connectivity index is 1.73. The molecule has 4 rings (SSSR count). The Kier molecular flexibility index (Phi) is 4.04. The number of hydrogen-bond donors (Lipinski definition) is 1. The largest absolute Gasteiger partial charge is 0.365 e. The van der Waals surface area contributed by atoms with Gasteiger partial charge in [-0.1, -0.05) is 35.0 Å². The number of halogens is 2. The summed E-state index contributed by atoms with van der Waals surface area (Å²) in [6.07, 6.45) is 1.35. The van der Waals surface area contributed by atoms with Gasteiger partial charge >= 0.3 is 0 Å². The van der Waals surface area contributed by atoms with E-state index in [4.69, 9.17) is 4.52 Å². The zero-order valence-corrected chi connectivity index (χ0v) is 13.8. The molecule has 4 aromatic rings. The summed E-state index contributed by atoms with van der Waals surface area (Å²) in [6.45, 7) is 2.54. The molecule has 7 heteroatoms. The van der Waals surface area contributed by atoms with Gasteiger partial charge in [0, 0.05) is 18.2 Å². The van der Waals surface area contributed by atoms with Gasteiger partial charge in [-0.05, 0) is 24.6 Å². The van der Waals surface area contributed by atoms with E-state index >= 15 is 0 Å². The van der Waals surface area contributed by atoms with Crippen LogP contribution < -0.4 is 5.32 Å². The normalized spacial score (nSPS) is 11.0. The van der Waals surface area contributed by atoms with Crippen LogP contribution in [0.25, 0.3) is 22.4 Å². The maximum Gasteiger partial charge on any atom is 0.263 e. The van der Waals surface area contributed by atoms with Crippen molar-refractivity contribution in [2.24, 2.45) is 0 Å². The summed E-state index contributed by atoms with van der Waals surface area (Å²) in [4.78, 5) is 8.26. The van der Waals surface area contributed by atoms with Crippen molar-refractivity contribution < 1.29 is 13.3 Å². The highest BCUT2D eigenvalue weighted by Gasteiger charge is 2.18. The number of hydrogen-bond acceptors (Lipinski definition) is 5. The van der Waals surface area contributed by atoms with E-state index in [0.717, 1.165) is 11.6 Å². The van der Waals surface area contributed by atoms with Crippen LogP contribution in [0, 0.1) is 18.6 Å². The number of benzene rings is 2. The fourth-order valence-electron chi connectivity index (χ4n) is 2.70. The van der Waals surface area contributed by atoms with Crippen LogP contribution in [0.5, 0.6) is 0 Å². The molecule has 0 saturated heterocycles. The van der Waals surface area contributed by atoms with Gasteiger partial charge in [0.25, 0.3) is 5.71 Å². The molecule has 0 fully saturated rings. The van der Waals surface area contributed by atoms with Crippen molar-refractivity contribution in [2.45, 2.75) is 13.5 Å². The van der Waals surface area contributed by atoms with E-state index in [1.165, 1.54) is 24.0 Å². The van der Waals surface area contributed by atoms with Crippen LogP contribution in [0.1, 0.15) is 11.1 Å². The molecule has 0 amide bonds. The Morgan fingerprint density at radius 1 is 1.00 bits per heavy atom. The third-order valence-corrected chi connectivity index (χ3v) is 3.99. The molecule has 2 aromatic heterocycles. The highest BCUT2D eigenvalue weighted by Crippen LogP contribution is 2.32. The van der Waals surface area contributed by atoms with Crippen molar-refractivity contribution >= 4 is 16.9 Å². The van der Waals surface area contributed by atoms with Crippen molar-refractivity contribution in [3.05, 3.63) is 71.6 Å². The van der Waals surface area contributed by atoms with Crippen LogP contribution in [0.2, 0.25) is 0 Å². The van der Waals surface area contributed by atoms with Gasteiger partial charge in [-0.3, -0.25) is 0 Å². The molecule has 0 aliphatic rings. The van der Waals surface area contributed by atoms with E-state index in [-0.39, 0.29) is 17.0 Å². The van der Waals surface area contributed by atoms with Crippen LogP contribution in [0.3, 0.4) is 0 Å². The molecule has 2 heterocycles. The standard InChI is InChI=1S/C19H14F2N4O/c1-11-2-4-12(5-3-11)9-22-18-16-17(25-26-19(16)24-10-23-18)13-6-14(20)8-15(21)7-13/h2-8,10H,9H2,1H3,(H,22,23,24). The second kappa shape index (κ2) is 6.51. The molecule has 0 spiro atoms. The lowest BCUT2D eigenvalue weighted by Gasteiger charge is -2.07. The van der Waals surface area contributed by atoms with Gasteiger partial charge in [-0.2, -0.15) is 4.98 Å². The van der Waals surface area contributed by atoms with Crippen molar-refractivity contribution in [3.8, 4) is 11.3 Å². The van der Waals surface area contributed by atoms with E-state index in [9.17, 15) is 8.78 Å². The first-order valence-corrected chi connectivity index (χ1v) is 7.96. The van der Waals surface area contributed by atoms with Gasteiger partial charge in [-0.25, -0.2) is 13.8 Å². The van der Waals surface area contributed by atoms with Gasteiger partial charge in [0.1, 0.15) is 34.9 Å². The highest BCUT2D eigenvalue weighted by molar-refractivity contribution is 5.97. The maximum atomic E-state index is 13.6. The van der Waals surface area contributed by atoms with Gasteiger partial charge in [0.15, 0.2) is 0 Å². The first-order chi connectivity index (χ1) is 12.6. The molecule has 0 aliphatic carbocycles. The Morgan fingerprint density at radius 2 is 1.73 bits per heavy atom. The summed E-state index contributed by atoms with van der Waals surface area (Å²) >= 11 is 0. The molecule has 0 aliphatic heterocycles. The van der Waals surface area contributed by atoms with Gasteiger partial charge in [-0.15, -0.1) is 0 Å².